The van der Waals surface area contributed by atoms with Crippen LogP contribution in [-0.4, -0.2) is 22.9 Å². The van der Waals surface area contributed by atoms with Crippen molar-refractivity contribution in [2.24, 2.45) is 0 Å². The van der Waals surface area contributed by atoms with Gasteiger partial charge in [0, 0.05) is 11.3 Å². The van der Waals surface area contributed by atoms with Gasteiger partial charge in [0.25, 0.3) is 5.91 Å². The Labute approximate surface area is 87.9 Å². The summed E-state index contributed by atoms with van der Waals surface area (Å²) < 4.78 is 0. The van der Waals surface area contributed by atoms with Crippen LogP contribution in [0.2, 0.25) is 0 Å². The van der Waals surface area contributed by atoms with Gasteiger partial charge in [-0.2, -0.15) is 0 Å². The molecule has 1 rings (SSSR count). The standard InChI is InChI=1S/C11H13NO3/c1-7(13)9-4-3-5-10(6-9)12-11(15)8(2)14/h3-6,8,14H,1-2H3,(H,12,15). The van der Waals surface area contributed by atoms with Gasteiger partial charge in [0.2, 0.25) is 0 Å². The van der Waals surface area contributed by atoms with Crippen LogP contribution in [0.3, 0.4) is 0 Å². The van der Waals surface area contributed by atoms with E-state index in [1.165, 1.54) is 13.8 Å². The smallest absolute Gasteiger partial charge is 0.252 e. The maximum Gasteiger partial charge on any atom is 0.252 e. The molecule has 1 atom stereocenters. The second kappa shape index (κ2) is 4.70. The van der Waals surface area contributed by atoms with Crippen LogP contribution in [0.4, 0.5) is 5.69 Å². The fourth-order valence-corrected chi connectivity index (χ4v) is 1.06. The van der Waals surface area contributed by atoms with Crippen molar-refractivity contribution in [1.82, 2.24) is 0 Å². The summed E-state index contributed by atoms with van der Waals surface area (Å²) in [6, 6.07) is 6.57. The van der Waals surface area contributed by atoms with Gasteiger partial charge in [-0.05, 0) is 26.0 Å². The molecule has 0 spiro atoms. The van der Waals surface area contributed by atoms with Crippen molar-refractivity contribution in [3.05, 3.63) is 29.8 Å². The van der Waals surface area contributed by atoms with Gasteiger partial charge in [-0.25, -0.2) is 0 Å². The van der Waals surface area contributed by atoms with Crippen molar-refractivity contribution in [2.45, 2.75) is 20.0 Å². The molecule has 0 aliphatic carbocycles. The van der Waals surface area contributed by atoms with Crippen LogP contribution in [0.5, 0.6) is 0 Å². The molecule has 0 radical (unpaired) electrons. The minimum Gasteiger partial charge on any atom is -0.384 e. The lowest BCUT2D eigenvalue weighted by molar-refractivity contribution is -0.123. The van der Waals surface area contributed by atoms with Crippen LogP contribution in [0.1, 0.15) is 24.2 Å². The third-order valence-electron chi connectivity index (χ3n) is 1.92. The predicted octanol–water partition coefficient (Wildman–Crippen LogP) is 1.21. The minimum absolute atomic E-state index is 0.0665. The highest BCUT2D eigenvalue weighted by Crippen LogP contribution is 2.11. The lowest BCUT2D eigenvalue weighted by Gasteiger charge is -2.07. The van der Waals surface area contributed by atoms with E-state index in [1.807, 2.05) is 0 Å². The van der Waals surface area contributed by atoms with Crippen LogP contribution in [0.25, 0.3) is 0 Å². The molecule has 0 aliphatic heterocycles. The van der Waals surface area contributed by atoms with Crippen molar-refractivity contribution in [3.8, 4) is 0 Å². The Morgan fingerprint density at radius 1 is 1.40 bits per heavy atom. The summed E-state index contributed by atoms with van der Waals surface area (Å²) in [6.07, 6.45) is -1.06. The lowest BCUT2D eigenvalue weighted by atomic mass is 10.1. The molecule has 4 heteroatoms. The number of rotatable bonds is 3. The molecule has 1 unspecified atom stereocenters. The van der Waals surface area contributed by atoms with Crippen LogP contribution >= 0.6 is 0 Å². The molecule has 2 N–H and O–H groups in total. The van der Waals surface area contributed by atoms with Gasteiger partial charge in [0.05, 0.1) is 0 Å². The molecule has 0 aromatic heterocycles. The second-order valence-electron chi connectivity index (χ2n) is 3.30. The third-order valence-corrected chi connectivity index (χ3v) is 1.92. The number of hydrogen-bond donors (Lipinski definition) is 2. The van der Waals surface area contributed by atoms with Crippen molar-refractivity contribution < 1.29 is 14.7 Å². The summed E-state index contributed by atoms with van der Waals surface area (Å²) in [5.41, 5.74) is 1.03. The van der Waals surface area contributed by atoms with E-state index >= 15 is 0 Å². The zero-order chi connectivity index (χ0) is 11.4. The van der Waals surface area contributed by atoms with Crippen molar-refractivity contribution in [2.75, 3.05) is 5.32 Å². The van der Waals surface area contributed by atoms with Gasteiger partial charge >= 0.3 is 0 Å². The first kappa shape index (κ1) is 11.4. The van der Waals surface area contributed by atoms with E-state index in [9.17, 15) is 9.59 Å². The van der Waals surface area contributed by atoms with Gasteiger partial charge in [0.1, 0.15) is 6.10 Å². The summed E-state index contributed by atoms with van der Waals surface area (Å²) in [5.74, 6) is -0.557. The van der Waals surface area contributed by atoms with E-state index < -0.39 is 12.0 Å². The van der Waals surface area contributed by atoms with Crippen molar-refractivity contribution in [1.29, 1.82) is 0 Å². The first-order valence-corrected chi connectivity index (χ1v) is 4.60. The highest BCUT2D eigenvalue weighted by atomic mass is 16.3. The monoisotopic (exact) mass is 207 g/mol. The number of Topliss-reactive ketones (excluding diaryl/α,β-unsaturated/α-hetero) is 1. The number of anilines is 1. The van der Waals surface area contributed by atoms with Gasteiger partial charge in [-0.15, -0.1) is 0 Å². The SMILES string of the molecule is CC(=O)c1cccc(NC(=O)C(C)O)c1. The Morgan fingerprint density at radius 3 is 2.60 bits per heavy atom. The molecule has 0 bridgehead atoms. The fraction of sp³-hybridized carbons (Fsp3) is 0.273. The van der Waals surface area contributed by atoms with Crippen LogP contribution < -0.4 is 5.32 Å². The Bertz CT molecular complexity index is 385. The molecular formula is C11H13NO3. The molecule has 0 heterocycles. The number of ketones is 1. The number of aliphatic hydroxyl groups excluding tert-OH is 1. The minimum atomic E-state index is -1.06. The maximum absolute atomic E-state index is 11.1. The molecule has 0 fully saturated rings. The Balaban J connectivity index is 2.83. The number of carbonyl (C=O) groups excluding carboxylic acids is 2. The highest BCUT2D eigenvalue weighted by molar-refractivity contribution is 5.97. The van der Waals surface area contributed by atoms with E-state index in [4.69, 9.17) is 5.11 Å². The molecule has 15 heavy (non-hydrogen) atoms. The van der Waals surface area contributed by atoms with E-state index in [-0.39, 0.29) is 5.78 Å². The van der Waals surface area contributed by atoms with Gasteiger partial charge in [-0.1, -0.05) is 12.1 Å². The maximum atomic E-state index is 11.1. The Kier molecular flexibility index (Phi) is 3.57. The Hall–Kier alpha value is -1.68. The summed E-state index contributed by atoms with van der Waals surface area (Å²) in [4.78, 5) is 22.2. The van der Waals surface area contributed by atoms with Crippen molar-refractivity contribution in [3.63, 3.8) is 0 Å². The van der Waals surface area contributed by atoms with Gasteiger partial charge in [-0.3, -0.25) is 9.59 Å². The largest absolute Gasteiger partial charge is 0.384 e. The van der Waals surface area contributed by atoms with E-state index in [1.54, 1.807) is 24.3 Å². The number of benzene rings is 1. The third kappa shape index (κ3) is 3.18. The van der Waals surface area contributed by atoms with Gasteiger partial charge in [0.15, 0.2) is 5.78 Å². The quantitative estimate of drug-likeness (QED) is 0.732. The van der Waals surface area contributed by atoms with Crippen LogP contribution in [0.15, 0.2) is 24.3 Å². The average Bonchev–Trinajstić information content (AvgIpc) is 2.18. The highest BCUT2D eigenvalue weighted by Gasteiger charge is 2.09. The number of carbonyl (C=O) groups is 2. The number of aliphatic hydroxyl groups is 1. The molecule has 1 amide bonds. The topological polar surface area (TPSA) is 66.4 Å². The number of amides is 1. The van der Waals surface area contributed by atoms with Gasteiger partial charge < -0.3 is 10.4 Å². The Morgan fingerprint density at radius 2 is 2.07 bits per heavy atom. The summed E-state index contributed by atoms with van der Waals surface area (Å²) in [7, 11) is 0. The van der Waals surface area contributed by atoms with Crippen LogP contribution in [0, 0.1) is 0 Å². The van der Waals surface area contributed by atoms with Crippen molar-refractivity contribution >= 4 is 17.4 Å². The second-order valence-corrected chi connectivity index (χ2v) is 3.30. The molecule has 80 valence electrons. The molecule has 1 aromatic carbocycles. The molecule has 0 saturated carbocycles. The first-order chi connectivity index (χ1) is 7.00. The van der Waals surface area contributed by atoms with E-state index in [0.717, 1.165) is 0 Å². The lowest BCUT2D eigenvalue weighted by Crippen LogP contribution is -2.24. The molecule has 0 saturated heterocycles. The summed E-state index contributed by atoms with van der Waals surface area (Å²) in [6.45, 7) is 2.83. The zero-order valence-corrected chi connectivity index (χ0v) is 8.65. The zero-order valence-electron chi connectivity index (χ0n) is 8.65. The predicted molar refractivity (Wildman–Crippen MR) is 56.8 cm³/mol. The number of hydrogen-bond acceptors (Lipinski definition) is 3. The first-order valence-electron chi connectivity index (χ1n) is 4.60. The molecular weight excluding hydrogens is 194 g/mol. The summed E-state index contributed by atoms with van der Waals surface area (Å²) >= 11 is 0. The van der Waals surface area contributed by atoms with Crippen LogP contribution in [-0.2, 0) is 4.79 Å². The van der Waals surface area contributed by atoms with E-state index in [0.29, 0.717) is 11.3 Å². The number of nitrogens with one attached hydrogen (secondary N) is 1. The van der Waals surface area contributed by atoms with E-state index in [2.05, 4.69) is 5.32 Å². The fourth-order valence-electron chi connectivity index (χ4n) is 1.06. The molecule has 1 aromatic rings. The average molecular weight is 207 g/mol. The molecule has 0 aliphatic rings. The molecule has 4 nitrogen and oxygen atoms in total. The summed E-state index contributed by atoms with van der Waals surface area (Å²) in [5, 5.41) is 11.5. The normalized spacial score (nSPS) is 11.9.